The third kappa shape index (κ3) is 2.90. The lowest BCUT2D eigenvalue weighted by Crippen LogP contribution is -2.17. The minimum absolute atomic E-state index is 0.240. The number of hydrogen-bond acceptors (Lipinski definition) is 3. The number of alkyl halides is 1. The van der Waals surface area contributed by atoms with Gasteiger partial charge in [-0.25, -0.2) is 9.97 Å². The second-order valence-corrected chi connectivity index (χ2v) is 5.05. The summed E-state index contributed by atoms with van der Waals surface area (Å²) in [5.41, 5.74) is 2.92. The molecule has 0 amide bonds. The summed E-state index contributed by atoms with van der Waals surface area (Å²) in [5.74, 6) is 1.25. The SMILES string of the molecule is CCCC(COC)n1c(CCl)nc2cc(C)cnc21. The van der Waals surface area contributed by atoms with Gasteiger partial charge in [-0.15, -0.1) is 11.6 Å². The molecule has 2 aromatic rings. The molecule has 0 fully saturated rings. The first-order valence-corrected chi connectivity index (χ1v) is 7.13. The molecule has 0 radical (unpaired) electrons. The van der Waals surface area contributed by atoms with Gasteiger partial charge < -0.3 is 9.30 Å². The van der Waals surface area contributed by atoms with Crippen molar-refractivity contribution in [3.05, 3.63) is 23.7 Å². The van der Waals surface area contributed by atoms with Gasteiger partial charge in [-0.05, 0) is 25.0 Å². The topological polar surface area (TPSA) is 39.9 Å². The first-order chi connectivity index (χ1) is 9.21. The first-order valence-electron chi connectivity index (χ1n) is 6.59. The van der Waals surface area contributed by atoms with Gasteiger partial charge in [0.15, 0.2) is 5.65 Å². The number of aromatic nitrogens is 3. The van der Waals surface area contributed by atoms with Crippen molar-refractivity contribution in [1.29, 1.82) is 0 Å². The highest BCUT2D eigenvalue weighted by atomic mass is 35.5. The van der Waals surface area contributed by atoms with Gasteiger partial charge in [-0.1, -0.05) is 13.3 Å². The summed E-state index contributed by atoms with van der Waals surface area (Å²) in [5, 5.41) is 0. The van der Waals surface area contributed by atoms with Crippen molar-refractivity contribution in [2.45, 2.75) is 38.6 Å². The third-order valence-electron chi connectivity index (χ3n) is 3.21. The number of rotatable bonds is 6. The Morgan fingerprint density at radius 1 is 1.47 bits per heavy atom. The number of pyridine rings is 1. The lowest BCUT2D eigenvalue weighted by molar-refractivity contribution is 0.151. The van der Waals surface area contributed by atoms with Crippen molar-refractivity contribution in [1.82, 2.24) is 14.5 Å². The zero-order valence-electron chi connectivity index (χ0n) is 11.7. The molecule has 0 bridgehead atoms. The maximum Gasteiger partial charge on any atom is 0.160 e. The predicted octanol–water partition coefficient (Wildman–Crippen LogP) is 3.47. The van der Waals surface area contributed by atoms with E-state index in [9.17, 15) is 0 Å². The van der Waals surface area contributed by atoms with Crippen molar-refractivity contribution in [2.24, 2.45) is 0 Å². The molecule has 0 saturated carbocycles. The van der Waals surface area contributed by atoms with Crippen molar-refractivity contribution in [3.8, 4) is 0 Å². The minimum Gasteiger partial charge on any atom is -0.383 e. The van der Waals surface area contributed by atoms with E-state index < -0.39 is 0 Å². The maximum absolute atomic E-state index is 6.04. The smallest absolute Gasteiger partial charge is 0.160 e. The van der Waals surface area contributed by atoms with Crippen molar-refractivity contribution in [2.75, 3.05) is 13.7 Å². The molecule has 2 rings (SSSR count). The highest BCUT2D eigenvalue weighted by Gasteiger charge is 2.19. The molecule has 1 unspecified atom stereocenters. The van der Waals surface area contributed by atoms with Gasteiger partial charge in [-0.3, -0.25) is 0 Å². The molecule has 19 heavy (non-hydrogen) atoms. The Hall–Kier alpha value is -1.13. The number of ether oxygens (including phenoxy) is 1. The van der Waals surface area contributed by atoms with Crippen LogP contribution < -0.4 is 0 Å². The van der Waals surface area contributed by atoms with Crippen LogP contribution in [0.25, 0.3) is 11.2 Å². The number of imidazole rings is 1. The quantitative estimate of drug-likeness (QED) is 0.761. The fourth-order valence-corrected chi connectivity index (χ4v) is 2.61. The Kier molecular flexibility index (Phi) is 4.77. The van der Waals surface area contributed by atoms with Crippen LogP contribution in [0, 0.1) is 6.92 Å². The normalized spacial score (nSPS) is 13.1. The summed E-state index contributed by atoms with van der Waals surface area (Å²) in [6.45, 7) is 4.84. The van der Waals surface area contributed by atoms with E-state index in [1.807, 2.05) is 19.2 Å². The Balaban J connectivity index is 2.54. The van der Waals surface area contributed by atoms with E-state index in [0.29, 0.717) is 12.5 Å². The number of aryl methyl sites for hydroxylation is 1. The Morgan fingerprint density at radius 3 is 2.89 bits per heavy atom. The van der Waals surface area contributed by atoms with Crippen LogP contribution in [0.1, 0.15) is 37.2 Å². The molecular weight excluding hydrogens is 262 g/mol. The zero-order valence-corrected chi connectivity index (χ0v) is 12.4. The van der Waals surface area contributed by atoms with Crippen LogP contribution in [-0.2, 0) is 10.6 Å². The summed E-state index contributed by atoms with van der Waals surface area (Å²) >= 11 is 6.04. The van der Waals surface area contributed by atoms with Crippen LogP contribution in [0.15, 0.2) is 12.3 Å². The Morgan fingerprint density at radius 2 is 2.26 bits per heavy atom. The fourth-order valence-electron chi connectivity index (χ4n) is 2.42. The number of fused-ring (bicyclic) bond motifs is 1. The molecule has 5 heteroatoms. The molecule has 0 aliphatic rings. The number of halogens is 1. The lowest BCUT2D eigenvalue weighted by atomic mass is 10.1. The van der Waals surface area contributed by atoms with Crippen LogP contribution in [0.4, 0.5) is 0 Å². The summed E-state index contributed by atoms with van der Waals surface area (Å²) in [6.07, 6.45) is 3.98. The van der Waals surface area contributed by atoms with Crippen LogP contribution in [0.3, 0.4) is 0 Å². The van der Waals surface area contributed by atoms with E-state index in [0.717, 1.165) is 35.4 Å². The lowest BCUT2D eigenvalue weighted by Gasteiger charge is -2.19. The molecule has 0 saturated heterocycles. The Labute approximate surface area is 118 Å². The van der Waals surface area contributed by atoms with Gasteiger partial charge in [0.05, 0.1) is 18.5 Å². The monoisotopic (exact) mass is 281 g/mol. The van der Waals surface area contributed by atoms with E-state index in [-0.39, 0.29) is 6.04 Å². The van der Waals surface area contributed by atoms with Crippen LogP contribution in [-0.4, -0.2) is 28.3 Å². The molecule has 4 nitrogen and oxygen atoms in total. The molecule has 2 heterocycles. The van der Waals surface area contributed by atoms with E-state index in [4.69, 9.17) is 16.3 Å². The van der Waals surface area contributed by atoms with Crippen LogP contribution >= 0.6 is 11.6 Å². The van der Waals surface area contributed by atoms with Gasteiger partial charge in [-0.2, -0.15) is 0 Å². The average Bonchev–Trinajstić information content (AvgIpc) is 2.75. The molecule has 2 aromatic heterocycles. The van der Waals surface area contributed by atoms with Crippen LogP contribution in [0.5, 0.6) is 0 Å². The van der Waals surface area contributed by atoms with Gasteiger partial charge in [0.1, 0.15) is 11.3 Å². The first kappa shape index (κ1) is 14.3. The van der Waals surface area contributed by atoms with Crippen molar-refractivity contribution < 1.29 is 4.74 Å². The maximum atomic E-state index is 6.04. The van der Waals surface area contributed by atoms with E-state index in [1.54, 1.807) is 7.11 Å². The molecule has 0 aliphatic carbocycles. The predicted molar refractivity (Wildman–Crippen MR) is 77.6 cm³/mol. The molecule has 0 aromatic carbocycles. The van der Waals surface area contributed by atoms with E-state index in [1.165, 1.54) is 0 Å². The average molecular weight is 282 g/mol. The third-order valence-corrected chi connectivity index (χ3v) is 3.44. The number of hydrogen-bond donors (Lipinski definition) is 0. The van der Waals surface area contributed by atoms with Gasteiger partial charge in [0.2, 0.25) is 0 Å². The van der Waals surface area contributed by atoms with Crippen molar-refractivity contribution >= 4 is 22.8 Å². The molecule has 0 N–H and O–H groups in total. The number of methoxy groups -OCH3 is 1. The summed E-state index contributed by atoms with van der Waals surface area (Å²) < 4.78 is 7.47. The molecular formula is C14H20ClN3O. The van der Waals surface area contributed by atoms with Gasteiger partial charge >= 0.3 is 0 Å². The summed E-state index contributed by atoms with van der Waals surface area (Å²) in [4.78, 5) is 9.11. The summed E-state index contributed by atoms with van der Waals surface area (Å²) in [6, 6.07) is 2.29. The highest BCUT2D eigenvalue weighted by molar-refractivity contribution is 6.16. The Bertz CT molecular complexity index is 547. The minimum atomic E-state index is 0.240. The standard InChI is InChI=1S/C14H20ClN3O/c1-4-5-11(9-19-3)18-13(7-15)17-12-6-10(2)8-16-14(12)18/h6,8,11H,4-5,7,9H2,1-3H3. The zero-order chi connectivity index (χ0) is 13.8. The largest absolute Gasteiger partial charge is 0.383 e. The number of nitrogens with zero attached hydrogens (tertiary/aromatic N) is 3. The van der Waals surface area contributed by atoms with Crippen molar-refractivity contribution in [3.63, 3.8) is 0 Å². The summed E-state index contributed by atoms with van der Waals surface area (Å²) in [7, 11) is 1.72. The highest BCUT2D eigenvalue weighted by Crippen LogP contribution is 2.24. The molecule has 0 aliphatic heterocycles. The van der Waals surface area contributed by atoms with Gasteiger partial charge in [0, 0.05) is 13.3 Å². The second kappa shape index (κ2) is 6.35. The molecule has 104 valence electrons. The van der Waals surface area contributed by atoms with E-state index in [2.05, 4.69) is 21.5 Å². The van der Waals surface area contributed by atoms with Gasteiger partial charge in [0.25, 0.3) is 0 Å². The molecule has 1 atom stereocenters. The van der Waals surface area contributed by atoms with E-state index >= 15 is 0 Å². The molecule has 0 spiro atoms. The second-order valence-electron chi connectivity index (χ2n) is 4.78. The van der Waals surface area contributed by atoms with Crippen LogP contribution in [0.2, 0.25) is 0 Å². The fraction of sp³-hybridized carbons (Fsp3) is 0.571.